The molecule has 0 aliphatic carbocycles. The lowest BCUT2D eigenvalue weighted by atomic mass is 10.1. The number of aliphatic hydroxyl groups is 3. The standard InChI is InChI=1S/C21H40O5/c1-2-3-4-5-6-7-8-9-10-11-12-13-14-15-25-16-19(23)21-20(24)18(22)17-26-21/h13-14,18-24H,2-12,15-17H2,1H3/b14-13+/t18-,19+,20-,21-/m0/s1. The predicted molar refractivity (Wildman–Crippen MR) is 104 cm³/mol. The second-order valence-electron chi connectivity index (χ2n) is 7.40. The highest BCUT2D eigenvalue weighted by molar-refractivity contribution is 4.88. The zero-order valence-corrected chi connectivity index (χ0v) is 16.5. The molecule has 0 aromatic carbocycles. The molecule has 0 unspecified atom stereocenters. The van der Waals surface area contributed by atoms with Gasteiger partial charge in [-0.25, -0.2) is 0 Å². The Bertz CT molecular complexity index is 347. The van der Waals surface area contributed by atoms with E-state index in [9.17, 15) is 15.3 Å². The van der Waals surface area contributed by atoms with Crippen LogP contribution in [-0.2, 0) is 9.47 Å². The molecular formula is C21H40O5. The first-order valence-corrected chi connectivity index (χ1v) is 10.5. The number of hydrogen-bond acceptors (Lipinski definition) is 5. The average Bonchev–Trinajstić information content (AvgIpc) is 2.97. The third-order valence-electron chi connectivity index (χ3n) is 4.96. The first-order valence-electron chi connectivity index (χ1n) is 10.5. The second-order valence-corrected chi connectivity index (χ2v) is 7.40. The summed E-state index contributed by atoms with van der Waals surface area (Å²) in [6.45, 7) is 2.85. The van der Waals surface area contributed by atoms with Crippen molar-refractivity contribution in [2.45, 2.75) is 102 Å². The molecule has 4 atom stereocenters. The summed E-state index contributed by atoms with van der Waals surface area (Å²) < 4.78 is 10.5. The summed E-state index contributed by atoms with van der Waals surface area (Å²) in [6, 6.07) is 0. The maximum atomic E-state index is 9.90. The third-order valence-corrected chi connectivity index (χ3v) is 4.96. The summed E-state index contributed by atoms with van der Waals surface area (Å²) in [6.07, 6.45) is 15.0. The lowest BCUT2D eigenvalue weighted by Crippen LogP contribution is -2.40. The number of aliphatic hydroxyl groups excluding tert-OH is 3. The molecule has 1 rings (SSSR count). The van der Waals surface area contributed by atoms with Gasteiger partial charge < -0.3 is 24.8 Å². The first kappa shape index (κ1) is 23.6. The normalized spacial score (nSPS) is 24.5. The topological polar surface area (TPSA) is 79.2 Å². The largest absolute Gasteiger partial charge is 0.388 e. The molecule has 0 saturated carbocycles. The summed E-state index contributed by atoms with van der Waals surface area (Å²) in [7, 11) is 0. The molecule has 5 heteroatoms. The van der Waals surface area contributed by atoms with Gasteiger partial charge in [-0.15, -0.1) is 0 Å². The Kier molecular flexibility index (Phi) is 14.1. The van der Waals surface area contributed by atoms with Gasteiger partial charge in [-0.05, 0) is 12.8 Å². The SMILES string of the molecule is CCCCCCCCCCCC/C=C/COC[C@@H](O)[C@@H]1OC[C@H](O)[C@@H]1O. The van der Waals surface area contributed by atoms with Crippen molar-refractivity contribution < 1.29 is 24.8 Å². The molecule has 3 N–H and O–H groups in total. The number of unbranched alkanes of at least 4 members (excludes halogenated alkanes) is 10. The minimum Gasteiger partial charge on any atom is -0.388 e. The Morgan fingerprint density at radius 3 is 2.15 bits per heavy atom. The van der Waals surface area contributed by atoms with Gasteiger partial charge in [0.15, 0.2) is 0 Å². The summed E-state index contributed by atoms with van der Waals surface area (Å²) >= 11 is 0. The summed E-state index contributed by atoms with van der Waals surface area (Å²) in [5, 5.41) is 28.9. The van der Waals surface area contributed by atoms with Crippen LogP contribution in [0, 0.1) is 0 Å². The van der Waals surface area contributed by atoms with Gasteiger partial charge in [-0.2, -0.15) is 0 Å². The van der Waals surface area contributed by atoms with E-state index in [-0.39, 0.29) is 13.2 Å². The molecule has 154 valence electrons. The Morgan fingerprint density at radius 1 is 0.962 bits per heavy atom. The van der Waals surface area contributed by atoms with Crippen LogP contribution in [0.2, 0.25) is 0 Å². The molecule has 1 aliphatic rings. The molecule has 0 amide bonds. The average molecular weight is 373 g/mol. The number of ether oxygens (including phenoxy) is 2. The predicted octanol–water partition coefficient (Wildman–Crippen LogP) is 3.35. The van der Waals surface area contributed by atoms with Crippen LogP contribution in [0.15, 0.2) is 12.2 Å². The molecule has 0 aromatic rings. The molecular weight excluding hydrogens is 332 g/mol. The van der Waals surface area contributed by atoms with E-state index < -0.39 is 24.4 Å². The van der Waals surface area contributed by atoms with Crippen LogP contribution >= 0.6 is 0 Å². The van der Waals surface area contributed by atoms with Crippen LogP contribution in [0.25, 0.3) is 0 Å². The van der Waals surface area contributed by atoms with Crippen LogP contribution in [0.1, 0.15) is 77.6 Å². The van der Waals surface area contributed by atoms with Crippen molar-refractivity contribution in [1.82, 2.24) is 0 Å². The molecule has 1 aliphatic heterocycles. The van der Waals surface area contributed by atoms with Crippen molar-refractivity contribution in [2.75, 3.05) is 19.8 Å². The maximum absolute atomic E-state index is 9.90. The fraction of sp³-hybridized carbons (Fsp3) is 0.905. The van der Waals surface area contributed by atoms with Gasteiger partial charge in [0.2, 0.25) is 0 Å². The first-order chi connectivity index (χ1) is 12.7. The zero-order valence-electron chi connectivity index (χ0n) is 16.5. The molecule has 1 saturated heterocycles. The minimum absolute atomic E-state index is 0.0572. The van der Waals surface area contributed by atoms with Gasteiger partial charge in [0.25, 0.3) is 0 Å². The van der Waals surface area contributed by atoms with Crippen molar-refractivity contribution in [1.29, 1.82) is 0 Å². The van der Waals surface area contributed by atoms with Gasteiger partial charge in [0, 0.05) is 0 Å². The Morgan fingerprint density at radius 2 is 1.58 bits per heavy atom. The van der Waals surface area contributed by atoms with E-state index in [4.69, 9.17) is 9.47 Å². The van der Waals surface area contributed by atoms with Gasteiger partial charge in [0.05, 0.1) is 19.8 Å². The van der Waals surface area contributed by atoms with Crippen molar-refractivity contribution >= 4 is 0 Å². The van der Waals surface area contributed by atoms with Crippen LogP contribution in [-0.4, -0.2) is 59.6 Å². The maximum Gasteiger partial charge on any atom is 0.114 e. The molecule has 0 aromatic heterocycles. The van der Waals surface area contributed by atoms with Crippen molar-refractivity contribution in [3.05, 3.63) is 12.2 Å². The fourth-order valence-electron chi connectivity index (χ4n) is 3.25. The van der Waals surface area contributed by atoms with Gasteiger partial charge in [-0.1, -0.05) is 76.9 Å². The highest BCUT2D eigenvalue weighted by Crippen LogP contribution is 2.17. The highest BCUT2D eigenvalue weighted by atomic mass is 16.5. The lowest BCUT2D eigenvalue weighted by Gasteiger charge is -2.20. The van der Waals surface area contributed by atoms with E-state index in [1.165, 1.54) is 64.2 Å². The molecule has 1 fully saturated rings. The van der Waals surface area contributed by atoms with Crippen molar-refractivity contribution in [3.63, 3.8) is 0 Å². The lowest BCUT2D eigenvalue weighted by molar-refractivity contribution is -0.0782. The van der Waals surface area contributed by atoms with E-state index in [1.54, 1.807) is 0 Å². The minimum atomic E-state index is -1.04. The van der Waals surface area contributed by atoms with E-state index in [1.807, 2.05) is 6.08 Å². The van der Waals surface area contributed by atoms with E-state index in [0.29, 0.717) is 6.61 Å². The van der Waals surface area contributed by atoms with Crippen LogP contribution < -0.4 is 0 Å². The van der Waals surface area contributed by atoms with Crippen LogP contribution in [0.4, 0.5) is 0 Å². The van der Waals surface area contributed by atoms with E-state index >= 15 is 0 Å². The fourth-order valence-corrected chi connectivity index (χ4v) is 3.25. The Hall–Kier alpha value is -0.460. The number of hydrogen-bond donors (Lipinski definition) is 3. The number of allylic oxidation sites excluding steroid dienone is 1. The monoisotopic (exact) mass is 372 g/mol. The smallest absolute Gasteiger partial charge is 0.114 e. The molecule has 0 spiro atoms. The third kappa shape index (κ3) is 10.6. The van der Waals surface area contributed by atoms with Crippen molar-refractivity contribution in [2.24, 2.45) is 0 Å². The van der Waals surface area contributed by atoms with Gasteiger partial charge in [-0.3, -0.25) is 0 Å². The molecule has 26 heavy (non-hydrogen) atoms. The van der Waals surface area contributed by atoms with Crippen LogP contribution in [0.3, 0.4) is 0 Å². The van der Waals surface area contributed by atoms with Crippen molar-refractivity contribution in [3.8, 4) is 0 Å². The summed E-state index contributed by atoms with van der Waals surface area (Å²) in [5.74, 6) is 0. The summed E-state index contributed by atoms with van der Waals surface area (Å²) in [4.78, 5) is 0. The Labute approximate surface area is 159 Å². The van der Waals surface area contributed by atoms with E-state index in [2.05, 4.69) is 13.0 Å². The number of rotatable bonds is 16. The van der Waals surface area contributed by atoms with Crippen LogP contribution in [0.5, 0.6) is 0 Å². The van der Waals surface area contributed by atoms with Gasteiger partial charge >= 0.3 is 0 Å². The van der Waals surface area contributed by atoms with Gasteiger partial charge in [0.1, 0.15) is 24.4 Å². The highest BCUT2D eigenvalue weighted by Gasteiger charge is 2.39. The molecule has 5 nitrogen and oxygen atoms in total. The zero-order chi connectivity index (χ0) is 19.0. The Balaban J connectivity index is 1.85. The van der Waals surface area contributed by atoms with E-state index in [0.717, 1.165) is 6.42 Å². The molecule has 0 bridgehead atoms. The second kappa shape index (κ2) is 15.6. The quantitative estimate of drug-likeness (QED) is 0.286. The molecule has 1 heterocycles. The molecule has 0 radical (unpaired) electrons. The summed E-state index contributed by atoms with van der Waals surface area (Å²) in [5.41, 5.74) is 0.